The Morgan fingerprint density at radius 1 is 0.543 bits per heavy atom. The summed E-state index contributed by atoms with van der Waals surface area (Å²) in [4.78, 5) is 121. The van der Waals surface area contributed by atoms with E-state index in [-0.39, 0.29) is 70.0 Å². The number of hydrogen-bond donors (Lipinski definition) is 10. The molecule has 0 saturated carbocycles. The van der Waals surface area contributed by atoms with E-state index in [1.165, 1.54) is 83.7 Å². The highest BCUT2D eigenvalue weighted by Crippen LogP contribution is 2.39. The van der Waals surface area contributed by atoms with Crippen LogP contribution in [0, 0.1) is 55.4 Å². The number of carbonyl (C=O) groups is 7. The zero-order chi connectivity index (χ0) is 76.7. The average Bonchev–Trinajstić information content (AvgIpc) is 1.64. The Balaban J connectivity index is 0.000000180. The summed E-state index contributed by atoms with van der Waals surface area (Å²) in [7, 11) is 0. The molecular formula is C75H74N14O9S7. The van der Waals surface area contributed by atoms with Crippen molar-refractivity contribution in [2.45, 2.75) is 96.2 Å². The van der Waals surface area contributed by atoms with Gasteiger partial charge in [0.05, 0.1) is 39.9 Å². The minimum Gasteiger partial charge on any atom is -0.390 e. The molecule has 11 rings (SSSR count). The molecule has 105 heavy (non-hydrogen) atoms. The Morgan fingerprint density at radius 3 is 1.40 bits per heavy atom. The van der Waals surface area contributed by atoms with Crippen molar-refractivity contribution in [2.75, 3.05) is 37.6 Å². The van der Waals surface area contributed by atoms with Crippen LogP contribution in [0.15, 0.2) is 154 Å². The molecule has 4 amide bonds. The maximum Gasteiger partial charge on any atom is 0.221 e. The number of ketones is 3. The van der Waals surface area contributed by atoms with Gasteiger partial charge in [-0.2, -0.15) is 10.1 Å². The first kappa shape index (κ1) is 79.8. The number of aromatic nitrogens is 2. The smallest absolute Gasteiger partial charge is 0.221 e. The molecule has 4 aromatic carbocycles. The number of pyridine rings is 2. The quantitative estimate of drug-likeness (QED) is 0.0133. The first-order valence-electron chi connectivity index (χ1n) is 32.0. The van der Waals surface area contributed by atoms with Crippen LogP contribution in [-0.2, 0) is 32.3 Å². The van der Waals surface area contributed by atoms with E-state index in [0.717, 1.165) is 58.7 Å². The number of isothiocyanates is 1. The number of benzene rings is 4. The van der Waals surface area contributed by atoms with Crippen LogP contribution in [-0.4, -0.2) is 82.1 Å². The number of carbonyl (C=O) groups excluding carboxylic acids is 7. The van der Waals surface area contributed by atoms with E-state index in [4.69, 9.17) is 41.1 Å². The molecule has 0 atom stereocenters. The second-order valence-electron chi connectivity index (χ2n) is 23.7. The van der Waals surface area contributed by atoms with E-state index >= 15 is 0 Å². The number of hydrazine groups is 1. The molecule has 0 aliphatic carbocycles. The average molecular weight is 1540 g/mol. The first-order valence-corrected chi connectivity index (χ1v) is 36.5. The van der Waals surface area contributed by atoms with Crippen molar-refractivity contribution in [3.05, 3.63) is 252 Å². The number of aliphatic imine (C=N–C) groups is 1. The summed E-state index contributed by atoms with van der Waals surface area (Å²) in [5, 5.41) is 30.5. The molecule has 6 aromatic heterocycles. The van der Waals surface area contributed by atoms with Gasteiger partial charge in [-0.3, -0.25) is 48.2 Å². The Hall–Kier alpha value is -10.9. The predicted octanol–water partition coefficient (Wildman–Crippen LogP) is 14.7. The van der Waals surface area contributed by atoms with Gasteiger partial charge in [-0.05, 0) is 199 Å². The number of rotatable bonds is 17. The number of nitrogen functional groups attached to an aromatic ring is 1. The van der Waals surface area contributed by atoms with Gasteiger partial charge in [-0.15, -0.1) is 45.3 Å². The third-order valence-electron chi connectivity index (χ3n) is 16.1. The molecule has 0 fully saturated rings. The normalized spacial score (nSPS) is 11.2. The number of aromatic amines is 2. The van der Waals surface area contributed by atoms with Crippen LogP contribution in [0.4, 0.5) is 42.8 Å². The number of hydrogen-bond acceptors (Lipinski definition) is 20. The van der Waals surface area contributed by atoms with Crippen molar-refractivity contribution >= 4 is 187 Å². The minimum atomic E-state index is -0.183. The monoisotopic (exact) mass is 1540 g/mol. The number of thiocarbonyl (C=S) groups is 3. The van der Waals surface area contributed by atoms with Crippen molar-refractivity contribution in [3.63, 3.8) is 0 Å². The molecule has 12 N–H and O–H groups in total. The molecule has 23 nitrogen and oxygen atoms in total. The maximum atomic E-state index is 13.3. The maximum absolute atomic E-state index is 13.3. The summed E-state index contributed by atoms with van der Waals surface area (Å²) >= 11 is 21.5. The molecule has 0 spiro atoms. The predicted molar refractivity (Wildman–Crippen MR) is 435 cm³/mol. The number of aryl methyl sites for hydroxylation is 4. The van der Waals surface area contributed by atoms with E-state index in [0.29, 0.717) is 87.4 Å². The van der Waals surface area contributed by atoms with Gasteiger partial charge in [0.25, 0.3) is 0 Å². The number of nitrogens with two attached hydrogens (primary N) is 2. The van der Waals surface area contributed by atoms with Crippen LogP contribution in [0.2, 0.25) is 0 Å². The summed E-state index contributed by atoms with van der Waals surface area (Å²) in [6, 6.07) is 30.7. The molecule has 7 heterocycles. The highest BCUT2D eigenvalue weighted by Gasteiger charge is 2.28. The third kappa shape index (κ3) is 20.5. The zero-order valence-corrected chi connectivity index (χ0v) is 64.8. The Labute approximate surface area is 637 Å². The van der Waals surface area contributed by atoms with Gasteiger partial charge in [-0.25, -0.2) is 10.9 Å². The SMILES string of the molecule is CC(=O)Nc1ccc(C(=O)c2c(N)sc(C)c2C)cc1.CC(=O)Nc1ccc(C(=O)c2c(N=C=S)sc(C)c2C)cc1.CC(=O)Nc1ccc(C(=O)c2c(NC(=S)N(N)Cc3c[nH]ccc3=O)sc(C)c2C)cc1.CC(=O)Nc1ccc(C2=NN(Cc3c[nH]ccc3=O)C(=S)Nc3sc(C)c(C)c32)cc1. The van der Waals surface area contributed by atoms with E-state index in [2.05, 4.69) is 78.1 Å². The lowest BCUT2D eigenvalue weighted by molar-refractivity contribution is -0.115. The summed E-state index contributed by atoms with van der Waals surface area (Å²) in [6.07, 6.45) is 6.38. The van der Waals surface area contributed by atoms with Gasteiger partial charge in [-0.1, -0.05) is 12.1 Å². The van der Waals surface area contributed by atoms with Gasteiger partial charge in [0.1, 0.15) is 20.7 Å². The Morgan fingerprint density at radius 2 is 0.952 bits per heavy atom. The summed E-state index contributed by atoms with van der Waals surface area (Å²) < 4.78 is 0. The molecule has 540 valence electrons. The van der Waals surface area contributed by atoms with Crippen molar-refractivity contribution in [2.24, 2.45) is 15.9 Å². The fraction of sp³-hybridized carbons (Fsp3) is 0.187. The number of anilines is 7. The van der Waals surface area contributed by atoms with E-state index < -0.39 is 0 Å². The van der Waals surface area contributed by atoms with Crippen LogP contribution in [0.5, 0.6) is 0 Å². The molecule has 0 saturated heterocycles. The number of thiophene rings is 4. The fourth-order valence-electron chi connectivity index (χ4n) is 10.4. The minimum absolute atomic E-state index is 0.0796. The topological polar surface area (TPSA) is 341 Å². The van der Waals surface area contributed by atoms with Crippen LogP contribution in [0.25, 0.3) is 0 Å². The fourth-order valence-corrected chi connectivity index (χ4v) is 15.1. The van der Waals surface area contributed by atoms with Crippen molar-refractivity contribution in [1.82, 2.24) is 20.0 Å². The third-order valence-corrected chi connectivity index (χ3v) is 21.2. The van der Waals surface area contributed by atoms with Crippen molar-refractivity contribution in [3.8, 4) is 0 Å². The van der Waals surface area contributed by atoms with Gasteiger partial charge < -0.3 is 47.6 Å². The lowest BCUT2D eigenvalue weighted by Crippen LogP contribution is -2.40. The highest BCUT2D eigenvalue weighted by atomic mass is 32.1. The summed E-state index contributed by atoms with van der Waals surface area (Å²) in [5.74, 6) is 5.10. The summed E-state index contributed by atoms with van der Waals surface area (Å²) in [6.45, 7) is 21.8. The number of nitrogens with one attached hydrogen (secondary N) is 8. The van der Waals surface area contributed by atoms with Crippen LogP contribution < -0.4 is 54.3 Å². The van der Waals surface area contributed by atoms with Gasteiger partial charge in [0.2, 0.25) is 23.6 Å². The Bertz CT molecular complexity index is 5220. The molecule has 1 aliphatic heterocycles. The molecule has 1 aliphatic rings. The highest BCUT2D eigenvalue weighted by molar-refractivity contribution is 7.80. The summed E-state index contributed by atoms with van der Waals surface area (Å²) in [5.41, 5.74) is 19.0. The van der Waals surface area contributed by atoms with Crippen molar-refractivity contribution < 1.29 is 33.6 Å². The first-order chi connectivity index (χ1) is 49.8. The Kier molecular flexibility index (Phi) is 27.3. The molecule has 30 heteroatoms. The molecule has 0 bridgehead atoms. The second-order valence-corrected chi connectivity index (χ2v) is 29.6. The molecule has 10 aromatic rings. The standard InChI is InChI=1S/C22H23N5O3S2.C22H21N5O2S2.C16H14N2O2S2.C15H16N2O2S/c1-12-13(2)32-21(26-22(31)27(23)11-16-10-24-9-8-18(16)29)19(12)20(30)15-4-6-17(7-5-15)25-14(3)28;1-12-13(2)31-21-19(12)20(15-4-6-17(7-5-15)24-14(3)28)26-27(22(30)25-21)11-16-10-23-9-8-18(16)29;1-9-10(2)22-16(17-8-21)14(9)15(20)12-4-6-13(7-5-12)18-11(3)19;1-8-9(2)20-15(16)13(8)14(19)11-4-6-12(7-5-11)17-10(3)18/h4-10H,11,23H2,1-3H3,(H,24,29)(H,25,28)(H,26,31);4-10H,11H2,1-3H3,(H,23,29)(H,24,28)(H,25,30);4-7H,1-3H3,(H,18,19);4-7H,16H2,1-3H3,(H,17,18). The number of fused-ring (bicyclic) bond motifs is 1. The molecule has 0 radical (unpaired) electrons. The van der Waals surface area contributed by atoms with Crippen LogP contribution in [0.1, 0.15) is 139 Å². The number of H-pyrrole nitrogens is 2. The van der Waals surface area contributed by atoms with Gasteiger partial charge in [0, 0.05) is 146 Å². The largest absolute Gasteiger partial charge is 0.390 e. The number of amides is 4. The van der Waals surface area contributed by atoms with Crippen molar-refractivity contribution in [1.29, 1.82) is 0 Å². The number of hydrazone groups is 1. The molecule has 0 unspecified atom stereocenters. The van der Waals surface area contributed by atoms with Gasteiger partial charge >= 0.3 is 0 Å². The van der Waals surface area contributed by atoms with E-state index in [1.54, 1.807) is 114 Å². The van der Waals surface area contributed by atoms with Crippen LogP contribution in [0.3, 0.4) is 0 Å². The lowest BCUT2D eigenvalue weighted by Gasteiger charge is -2.20. The van der Waals surface area contributed by atoms with Crippen LogP contribution >= 0.6 is 82.0 Å². The van der Waals surface area contributed by atoms with E-state index in [9.17, 15) is 43.2 Å². The van der Waals surface area contributed by atoms with Gasteiger partial charge in [0.15, 0.2) is 38.4 Å². The van der Waals surface area contributed by atoms with E-state index in [1.807, 2.05) is 65.8 Å². The molecular weight excluding hydrogens is 1470 g/mol. The number of nitrogens with zero attached hydrogens (tertiary/aromatic N) is 4. The second kappa shape index (κ2) is 36.0. The zero-order valence-electron chi connectivity index (χ0n) is 59.1. The lowest BCUT2D eigenvalue weighted by atomic mass is 10.00.